The number of rotatable bonds is 6. The molecule has 0 bridgehead atoms. The summed E-state index contributed by atoms with van der Waals surface area (Å²) in [7, 11) is 0. The molecule has 0 aliphatic carbocycles. The van der Waals surface area contributed by atoms with Gasteiger partial charge in [0.05, 0.1) is 6.10 Å². The topological polar surface area (TPSA) is 15.7 Å². The van der Waals surface area contributed by atoms with Gasteiger partial charge in [-0.2, -0.15) is 0 Å². The minimum Gasteiger partial charge on any atom is -0.378 e. The number of ether oxygens (including phenoxy) is 1. The zero-order valence-electron chi connectivity index (χ0n) is 12.2. The molecule has 0 spiro atoms. The van der Waals surface area contributed by atoms with Crippen molar-refractivity contribution in [1.29, 1.82) is 0 Å². The third-order valence-corrected chi connectivity index (χ3v) is 4.64. The lowest BCUT2D eigenvalue weighted by atomic mass is 9.88. The van der Waals surface area contributed by atoms with Crippen LogP contribution in [0.25, 0.3) is 0 Å². The Morgan fingerprint density at radius 2 is 2.06 bits per heavy atom. The zero-order valence-corrected chi connectivity index (χ0v) is 12.2. The van der Waals surface area contributed by atoms with Crippen molar-refractivity contribution in [3.05, 3.63) is 0 Å². The van der Waals surface area contributed by atoms with Crippen molar-refractivity contribution in [3.8, 4) is 0 Å². The summed E-state index contributed by atoms with van der Waals surface area (Å²) in [5.74, 6) is 0.820. The molecule has 2 aliphatic rings. The third kappa shape index (κ3) is 3.94. The van der Waals surface area contributed by atoms with Gasteiger partial charge in [0.2, 0.25) is 0 Å². The SMILES string of the molecule is CCN(CC)CCCN1CC[C@@H]2OCCC[C@@H]2C1. The minimum absolute atomic E-state index is 0.581. The predicted octanol–water partition coefficient (Wildman–Crippen LogP) is 2.22. The Bertz CT molecular complexity index is 231. The number of fused-ring (bicyclic) bond motifs is 1. The molecule has 0 aromatic carbocycles. The van der Waals surface area contributed by atoms with E-state index in [9.17, 15) is 0 Å². The first kappa shape index (κ1) is 14.3. The maximum absolute atomic E-state index is 5.87. The second-order valence-electron chi connectivity index (χ2n) is 5.78. The van der Waals surface area contributed by atoms with Gasteiger partial charge < -0.3 is 14.5 Å². The van der Waals surface area contributed by atoms with Crippen molar-refractivity contribution in [2.75, 3.05) is 45.9 Å². The second kappa shape index (κ2) is 7.46. The van der Waals surface area contributed by atoms with Crippen molar-refractivity contribution < 1.29 is 4.74 Å². The van der Waals surface area contributed by atoms with Gasteiger partial charge in [-0.3, -0.25) is 0 Å². The van der Waals surface area contributed by atoms with Crippen LogP contribution in [0.5, 0.6) is 0 Å². The van der Waals surface area contributed by atoms with Crippen LogP contribution in [0, 0.1) is 5.92 Å². The Morgan fingerprint density at radius 3 is 2.83 bits per heavy atom. The molecule has 2 fully saturated rings. The van der Waals surface area contributed by atoms with Gasteiger partial charge in [0.25, 0.3) is 0 Å². The molecule has 0 saturated carbocycles. The van der Waals surface area contributed by atoms with Crippen LogP contribution in [0.4, 0.5) is 0 Å². The molecule has 2 aliphatic heterocycles. The van der Waals surface area contributed by atoms with E-state index >= 15 is 0 Å². The maximum atomic E-state index is 5.87. The largest absolute Gasteiger partial charge is 0.378 e. The molecule has 0 unspecified atom stereocenters. The molecule has 2 saturated heterocycles. The summed E-state index contributed by atoms with van der Waals surface area (Å²) in [5, 5.41) is 0. The number of hydrogen-bond donors (Lipinski definition) is 0. The van der Waals surface area contributed by atoms with Crippen LogP contribution in [0.1, 0.15) is 39.5 Å². The zero-order chi connectivity index (χ0) is 12.8. The molecule has 0 aromatic rings. The van der Waals surface area contributed by atoms with Crippen LogP contribution in [-0.2, 0) is 4.74 Å². The van der Waals surface area contributed by atoms with Gasteiger partial charge in [0.1, 0.15) is 0 Å². The van der Waals surface area contributed by atoms with Crippen LogP contribution < -0.4 is 0 Å². The van der Waals surface area contributed by atoms with Crippen molar-refractivity contribution in [1.82, 2.24) is 9.80 Å². The Hall–Kier alpha value is -0.120. The van der Waals surface area contributed by atoms with Crippen molar-refractivity contribution in [3.63, 3.8) is 0 Å². The lowest BCUT2D eigenvalue weighted by molar-refractivity contribution is -0.0664. The molecule has 2 heterocycles. The normalized spacial score (nSPS) is 29.5. The summed E-state index contributed by atoms with van der Waals surface area (Å²) < 4.78 is 5.87. The predicted molar refractivity (Wildman–Crippen MR) is 75.9 cm³/mol. The molecule has 106 valence electrons. The fourth-order valence-electron chi connectivity index (χ4n) is 3.42. The summed E-state index contributed by atoms with van der Waals surface area (Å²) in [6.45, 7) is 13.0. The lowest BCUT2D eigenvalue weighted by Crippen LogP contribution is -2.46. The summed E-state index contributed by atoms with van der Waals surface area (Å²) >= 11 is 0. The van der Waals surface area contributed by atoms with E-state index in [1.807, 2.05) is 0 Å². The van der Waals surface area contributed by atoms with Crippen molar-refractivity contribution >= 4 is 0 Å². The van der Waals surface area contributed by atoms with Gasteiger partial charge in [-0.15, -0.1) is 0 Å². The fourth-order valence-corrected chi connectivity index (χ4v) is 3.42. The molecule has 0 aromatic heterocycles. The van der Waals surface area contributed by atoms with E-state index < -0.39 is 0 Å². The Balaban J connectivity index is 1.65. The maximum Gasteiger partial charge on any atom is 0.0627 e. The van der Waals surface area contributed by atoms with Gasteiger partial charge in [-0.1, -0.05) is 13.8 Å². The van der Waals surface area contributed by atoms with Crippen molar-refractivity contribution in [2.45, 2.75) is 45.6 Å². The van der Waals surface area contributed by atoms with E-state index in [1.165, 1.54) is 65.0 Å². The average Bonchev–Trinajstić information content (AvgIpc) is 2.43. The molecule has 3 nitrogen and oxygen atoms in total. The second-order valence-corrected chi connectivity index (χ2v) is 5.78. The van der Waals surface area contributed by atoms with E-state index in [0.29, 0.717) is 6.10 Å². The summed E-state index contributed by atoms with van der Waals surface area (Å²) in [5.41, 5.74) is 0. The van der Waals surface area contributed by atoms with E-state index in [1.54, 1.807) is 0 Å². The van der Waals surface area contributed by atoms with Crippen molar-refractivity contribution in [2.24, 2.45) is 5.92 Å². The van der Waals surface area contributed by atoms with E-state index in [4.69, 9.17) is 4.74 Å². The molecule has 0 radical (unpaired) electrons. The summed E-state index contributed by atoms with van der Waals surface area (Å²) in [4.78, 5) is 5.19. The molecule has 0 N–H and O–H groups in total. The molecule has 3 heteroatoms. The quantitative estimate of drug-likeness (QED) is 0.723. The van der Waals surface area contributed by atoms with Crippen LogP contribution >= 0.6 is 0 Å². The first-order chi connectivity index (χ1) is 8.83. The van der Waals surface area contributed by atoms with E-state index in [0.717, 1.165) is 12.5 Å². The van der Waals surface area contributed by atoms with Crippen LogP contribution in [0.2, 0.25) is 0 Å². The van der Waals surface area contributed by atoms with E-state index in [2.05, 4.69) is 23.6 Å². The van der Waals surface area contributed by atoms with Crippen LogP contribution in [-0.4, -0.2) is 61.8 Å². The van der Waals surface area contributed by atoms with Crippen LogP contribution in [0.15, 0.2) is 0 Å². The van der Waals surface area contributed by atoms with Gasteiger partial charge in [-0.05, 0) is 57.8 Å². The highest BCUT2D eigenvalue weighted by molar-refractivity contribution is 4.83. The Morgan fingerprint density at radius 1 is 1.22 bits per heavy atom. The number of likely N-dealkylation sites (tertiary alicyclic amines) is 1. The minimum atomic E-state index is 0.581. The number of hydrogen-bond acceptors (Lipinski definition) is 3. The Kier molecular flexibility index (Phi) is 5.93. The fraction of sp³-hybridized carbons (Fsp3) is 1.00. The highest BCUT2D eigenvalue weighted by atomic mass is 16.5. The molecule has 2 rings (SSSR count). The van der Waals surface area contributed by atoms with Gasteiger partial charge in [0.15, 0.2) is 0 Å². The Labute approximate surface area is 112 Å². The average molecular weight is 254 g/mol. The molecule has 2 atom stereocenters. The van der Waals surface area contributed by atoms with Crippen LogP contribution in [0.3, 0.4) is 0 Å². The molecular formula is C15H30N2O. The smallest absolute Gasteiger partial charge is 0.0627 e. The standard InChI is InChI=1S/C15H30N2O/c1-3-16(4-2)9-6-10-17-11-8-15-14(13-17)7-5-12-18-15/h14-15H,3-13H2,1-2H3/t14-,15+/m1/s1. The number of nitrogens with zero attached hydrogens (tertiary/aromatic N) is 2. The van der Waals surface area contributed by atoms with Gasteiger partial charge in [0, 0.05) is 19.7 Å². The monoisotopic (exact) mass is 254 g/mol. The van der Waals surface area contributed by atoms with E-state index in [-0.39, 0.29) is 0 Å². The first-order valence-corrected chi connectivity index (χ1v) is 7.89. The summed E-state index contributed by atoms with van der Waals surface area (Å²) in [6, 6.07) is 0. The van der Waals surface area contributed by atoms with Gasteiger partial charge in [-0.25, -0.2) is 0 Å². The molecule has 18 heavy (non-hydrogen) atoms. The highest BCUT2D eigenvalue weighted by Crippen LogP contribution is 2.28. The third-order valence-electron chi connectivity index (χ3n) is 4.64. The first-order valence-electron chi connectivity index (χ1n) is 7.89. The lowest BCUT2D eigenvalue weighted by Gasteiger charge is -2.41. The highest BCUT2D eigenvalue weighted by Gasteiger charge is 2.31. The van der Waals surface area contributed by atoms with Gasteiger partial charge >= 0.3 is 0 Å². The molecular weight excluding hydrogens is 224 g/mol. The number of piperidine rings is 1. The summed E-state index contributed by atoms with van der Waals surface area (Å²) in [6.07, 6.45) is 5.82. The molecule has 0 amide bonds.